The molecule has 0 aliphatic carbocycles. The van der Waals surface area contributed by atoms with Crippen LogP contribution in [0.25, 0.3) is 22.6 Å². The molecule has 2 aromatic heterocycles. The van der Waals surface area contributed by atoms with E-state index in [4.69, 9.17) is 20.8 Å². The van der Waals surface area contributed by atoms with Crippen molar-refractivity contribution in [1.29, 1.82) is 0 Å². The first-order valence-electron chi connectivity index (χ1n) is 11.0. The van der Waals surface area contributed by atoms with Crippen LogP contribution in [0.3, 0.4) is 0 Å². The first-order chi connectivity index (χ1) is 16.5. The zero-order valence-corrected chi connectivity index (χ0v) is 21.8. The molecule has 0 bridgehead atoms. The van der Waals surface area contributed by atoms with Gasteiger partial charge in [-0.05, 0) is 55.3 Å². The summed E-state index contributed by atoms with van der Waals surface area (Å²) < 4.78 is 13.5. The van der Waals surface area contributed by atoms with Gasteiger partial charge in [-0.1, -0.05) is 64.8 Å². The van der Waals surface area contributed by atoms with Crippen LogP contribution >= 0.6 is 39.3 Å². The Labute approximate surface area is 215 Å². The van der Waals surface area contributed by atoms with Crippen molar-refractivity contribution >= 4 is 45.0 Å². The third-order valence-electron chi connectivity index (χ3n) is 5.46. The lowest BCUT2D eigenvalue weighted by Gasteiger charge is -2.17. The summed E-state index contributed by atoms with van der Waals surface area (Å²) in [4.78, 5) is 4.69. The number of furan rings is 1. The van der Waals surface area contributed by atoms with Gasteiger partial charge in [-0.2, -0.15) is 4.98 Å². The highest BCUT2D eigenvalue weighted by Crippen LogP contribution is 2.41. The number of fused-ring (bicyclic) bond motifs is 3. The molecule has 5 rings (SSSR count). The maximum Gasteiger partial charge on any atom is 0.247 e. The number of thioether (sulfide) groups is 1. The maximum absolute atomic E-state index is 6.33. The van der Waals surface area contributed by atoms with Crippen molar-refractivity contribution in [3.63, 3.8) is 0 Å². The van der Waals surface area contributed by atoms with E-state index in [1.165, 1.54) is 0 Å². The van der Waals surface area contributed by atoms with Gasteiger partial charge >= 0.3 is 0 Å². The Bertz CT molecular complexity index is 1350. The molecule has 0 saturated carbocycles. The number of nitrogens with one attached hydrogen (secondary N) is 1. The number of aromatic nitrogens is 3. The van der Waals surface area contributed by atoms with Gasteiger partial charge in [-0.3, -0.25) is 0 Å². The number of hydrogen-bond donors (Lipinski definition) is 1. The van der Waals surface area contributed by atoms with Crippen molar-refractivity contribution in [3.05, 3.63) is 69.3 Å². The molecule has 0 amide bonds. The van der Waals surface area contributed by atoms with Crippen molar-refractivity contribution in [3.8, 4) is 28.5 Å². The fraction of sp³-hybridized carbons (Fsp3) is 0.240. The predicted octanol–water partition coefficient (Wildman–Crippen LogP) is 7.92. The van der Waals surface area contributed by atoms with Crippen LogP contribution in [-0.4, -0.2) is 20.9 Å². The third-order valence-corrected chi connectivity index (χ3v) is 7.28. The third kappa shape index (κ3) is 4.80. The van der Waals surface area contributed by atoms with Gasteiger partial charge in [-0.15, -0.1) is 10.2 Å². The minimum Gasteiger partial charge on any atom is -0.455 e. The van der Waals surface area contributed by atoms with Crippen LogP contribution in [0, 0.1) is 6.92 Å². The van der Waals surface area contributed by atoms with E-state index in [9.17, 15) is 0 Å². The van der Waals surface area contributed by atoms with Crippen molar-refractivity contribution in [2.45, 2.75) is 38.1 Å². The van der Waals surface area contributed by atoms with Crippen LogP contribution < -0.4 is 10.1 Å². The second-order valence-corrected chi connectivity index (χ2v) is 10.3. The van der Waals surface area contributed by atoms with Crippen LogP contribution in [0.2, 0.25) is 5.02 Å². The zero-order chi connectivity index (χ0) is 23.7. The normalized spacial score (nSPS) is 14.5. The number of aryl methyl sites for hydroxylation is 1. The second-order valence-electron chi connectivity index (χ2n) is 7.95. The summed E-state index contributed by atoms with van der Waals surface area (Å²) in [7, 11) is 0. The van der Waals surface area contributed by atoms with Crippen molar-refractivity contribution < 1.29 is 9.15 Å². The van der Waals surface area contributed by atoms with Gasteiger partial charge in [0.05, 0.1) is 0 Å². The minimum atomic E-state index is -0.596. The van der Waals surface area contributed by atoms with Crippen LogP contribution in [0.4, 0.5) is 5.69 Å². The molecule has 34 heavy (non-hydrogen) atoms. The van der Waals surface area contributed by atoms with E-state index in [-0.39, 0.29) is 0 Å². The van der Waals surface area contributed by atoms with Gasteiger partial charge in [-0.25, -0.2) is 0 Å². The summed E-state index contributed by atoms with van der Waals surface area (Å²) in [6, 6.07) is 15.6. The summed E-state index contributed by atoms with van der Waals surface area (Å²) in [6.45, 7) is 4.13. The predicted molar refractivity (Wildman–Crippen MR) is 139 cm³/mol. The summed E-state index contributed by atoms with van der Waals surface area (Å²) in [5.41, 5.74) is 4.21. The quantitative estimate of drug-likeness (QED) is 0.191. The molecule has 174 valence electrons. The fourth-order valence-corrected chi connectivity index (χ4v) is 4.97. The summed E-state index contributed by atoms with van der Waals surface area (Å²) in [5.74, 6) is 2.67. The number of nitrogens with zero attached hydrogens (tertiary/aromatic N) is 3. The molecule has 1 unspecified atom stereocenters. The molecule has 4 aromatic rings. The molecule has 1 atom stereocenters. The van der Waals surface area contributed by atoms with Crippen molar-refractivity contribution in [2.75, 3.05) is 11.1 Å². The van der Waals surface area contributed by atoms with Gasteiger partial charge in [0, 0.05) is 32.1 Å². The average Bonchev–Trinajstić information content (AvgIpc) is 3.26. The Morgan fingerprint density at radius 3 is 2.82 bits per heavy atom. The summed E-state index contributed by atoms with van der Waals surface area (Å²) in [5, 5.41) is 13.5. The van der Waals surface area contributed by atoms with E-state index in [0.717, 1.165) is 45.4 Å². The van der Waals surface area contributed by atoms with Crippen molar-refractivity contribution in [2.24, 2.45) is 0 Å². The first kappa shape index (κ1) is 23.2. The van der Waals surface area contributed by atoms with E-state index >= 15 is 0 Å². The van der Waals surface area contributed by atoms with Gasteiger partial charge in [0.2, 0.25) is 17.3 Å². The lowest BCUT2D eigenvalue weighted by atomic mass is 10.1. The highest BCUT2D eigenvalue weighted by atomic mass is 79.9. The van der Waals surface area contributed by atoms with Crippen LogP contribution in [0.5, 0.6) is 5.88 Å². The molecule has 0 saturated heterocycles. The molecule has 9 heteroatoms. The molecule has 6 nitrogen and oxygen atoms in total. The van der Waals surface area contributed by atoms with E-state index in [0.29, 0.717) is 33.3 Å². The second kappa shape index (κ2) is 9.98. The highest BCUT2D eigenvalue weighted by Gasteiger charge is 2.28. The van der Waals surface area contributed by atoms with Gasteiger partial charge in [0.15, 0.2) is 11.5 Å². The highest BCUT2D eigenvalue weighted by molar-refractivity contribution is 9.10. The van der Waals surface area contributed by atoms with Crippen LogP contribution in [0.1, 0.15) is 37.3 Å². The Hall–Kier alpha value is -2.55. The number of hydrogen-bond acceptors (Lipinski definition) is 7. The molecule has 0 radical (unpaired) electrons. The lowest BCUT2D eigenvalue weighted by molar-refractivity contribution is 0.196. The monoisotopic (exact) mass is 556 g/mol. The number of halogens is 2. The number of benzene rings is 2. The van der Waals surface area contributed by atoms with E-state index in [1.54, 1.807) is 11.8 Å². The number of unbranched alkanes of at least 4 members (excludes halogenated alkanes) is 1. The van der Waals surface area contributed by atoms with Gasteiger partial charge < -0.3 is 14.5 Å². The molecule has 0 spiro atoms. The fourth-order valence-electron chi connectivity index (χ4n) is 3.56. The smallest absolute Gasteiger partial charge is 0.247 e. The topological polar surface area (TPSA) is 73.1 Å². The number of rotatable bonds is 6. The molecule has 0 fully saturated rings. The lowest BCUT2D eigenvalue weighted by Crippen LogP contribution is -2.16. The SMILES string of the molecule is CCCCSc1nnc2c(n1)OC(c1ccc(-c3ccc(C)c(Cl)c3)o1)Nc1ccc(Br)cc1-2. The Kier molecular flexibility index (Phi) is 6.81. The summed E-state index contributed by atoms with van der Waals surface area (Å²) in [6.07, 6.45) is 1.60. The molecular formula is C25H22BrClN4O2S. The average molecular weight is 558 g/mol. The molecular weight excluding hydrogens is 536 g/mol. The Morgan fingerprint density at radius 1 is 1.12 bits per heavy atom. The van der Waals surface area contributed by atoms with Crippen LogP contribution in [-0.2, 0) is 0 Å². The molecule has 1 aliphatic heterocycles. The van der Waals surface area contributed by atoms with Crippen LogP contribution in [0.15, 0.2) is 62.6 Å². The maximum atomic E-state index is 6.33. The first-order valence-corrected chi connectivity index (χ1v) is 13.1. The number of anilines is 1. The van der Waals surface area contributed by atoms with E-state index < -0.39 is 6.23 Å². The Balaban J connectivity index is 1.51. The van der Waals surface area contributed by atoms with E-state index in [1.807, 2.05) is 55.5 Å². The molecule has 2 aromatic carbocycles. The molecule has 1 N–H and O–H groups in total. The minimum absolute atomic E-state index is 0.416. The largest absolute Gasteiger partial charge is 0.455 e. The van der Waals surface area contributed by atoms with E-state index in [2.05, 4.69) is 43.4 Å². The standard InChI is InChI=1S/C25H22BrClN4O2S/c1-3-4-11-34-25-29-24-22(30-31-25)17-13-16(26)7-8-19(17)28-23(33-24)21-10-9-20(32-21)15-6-5-14(2)18(27)12-15/h5-10,12-13,23,28H,3-4,11H2,1-2H3. The number of ether oxygens (including phenoxy) is 1. The van der Waals surface area contributed by atoms with Gasteiger partial charge in [0.25, 0.3) is 0 Å². The molecule has 1 aliphatic rings. The Morgan fingerprint density at radius 2 is 2.00 bits per heavy atom. The molecule has 3 heterocycles. The zero-order valence-electron chi connectivity index (χ0n) is 18.6. The van der Waals surface area contributed by atoms with Gasteiger partial charge in [0.1, 0.15) is 5.76 Å². The van der Waals surface area contributed by atoms with Crippen molar-refractivity contribution in [1.82, 2.24) is 15.2 Å². The summed E-state index contributed by atoms with van der Waals surface area (Å²) >= 11 is 11.5.